The number of ketones is 1. The maximum Gasteiger partial charge on any atom is 0.417 e. The lowest BCUT2D eigenvalue weighted by atomic mass is 9.93. The number of carbonyl (C=O) groups is 2. The van der Waals surface area contributed by atoms with E-state index >= 15 is 0 Å². The quantitative estimate of drug-likeness (QED) is 0.173. The van der Waals surface area contributed by atoms with Gasteiger partial charge in [-0.1, -0.05) is 54.4 Å². The molecule has 0 heterocycles. The summed E-state index contributed by atoms with van der Waals surface area (Å²) in [6, 6.07) is 4.13. The first kappa shape index (κ1) is 33.0. The SMILES string of the molecule is C[C@@H](CC(=O)c1ccc(/C=C/C(c2cc(Cl)c(Br)c(Cl)c2)C(F)(F)F)cc1C(F)(F)F)C(=O)NCC(F)(F)F. The molecule has 2 aromatic carbocycles. The molecule has 1 amide bonds. The molecule has 15 heteroatoms. The first-order valence-electron chi connectivity index (χ1n) is 10.7. The van der Waals surface area contributed by atoms with Crippen LogP contribution in [0.3, 0.4) is 0 Å². The van der Waals surface area contributed by atoms with Crippen LogP contribution >= 0.6 is 39.1 Å². The van der Waals surface area contributed by atoms with Gasteiger partial charge in [-0.2, -0.15) is 39.5 Å². The molecular formula is C24H17BrCl2F9NO2. The zero-order chi connectivity index (χ0) is 29.9. The van der Waals surface area contributed by atoms with E-state index in [1.165, 1.54) is 5.32 Å². The third-order valence-corrected chi connectivity index (χ3v) is 7.16. The van der Waals surface area contributed by atoms with Gasteiger partial charge in [0.15, 0.2) is 5.78 Å². The van der Waals surface area contributed by atoms with Gasteiger partial charge in [0, 0.05) is 17.9 Å². The van der Waals surface area contributed by atoms with Gasteiger partial charge in [-0.25, -0.2) is 0 Å². The average Bonchev–Trinajstić information content (AvgIpc) is 2.78. The number of rotatable bonds is 8. The van der Waals surface area contributed by atoms with Crippen LogP contribution in [0.4, 0.5) is 39.5 Å². The van der Waals surface area contributed by atoms with Crippen LogP contribution < -0.4 is 5.32 Å². The molecule has 2 aromatic rings. The molecule has 0 aliphatic rings. The molecule has 0 aliphatic carbocycles. The van der Waals surface area contributed by atoms with Gasteiger partial charge in [0.1, 0.15) is 6.54 Å². The highest BCUT2D eigenvalue weighted by Crippen LogP contribution is 2.41. The van der Waals surface area contributed by atoms with Gasteiger partial charge < -0.3 is 5.32 Å². The van der Waals surface area contributed by atoms with E-state index in [1.807, 2.05) is 0 Å². The molecule has 0 saturated carbocycles. The number of alkyl halides is 9. The molecule has 39 heavy (non-hydrogen) atoms. The minimum absolute atomic E-state index is 0.122. The van der Waals surface area contributed by atoms with Crippen LogP contribution in [-0.2, 0) is 11.0 Å². The van der Waals surface area contributed by atoms with Crippen LogP contribution in [-0.4, -0.2) is 30.6 Å². The van der Waals surface area contributed by atoms with Crippen LogP contribution in [0.2, 0.25) is 10.0 Å². The summed E-state index contributed by atoms with van der Waals surface area (Å²) in [5, 5.41) is 1.29. The minimum Gasteiger partial charge on any atom is -0.347 e. The van der Waals surface area contributed by atoms with E-state index in [2.05, 4.69) is 15.9 Å². The van der Waals surface area contributed by atoms with E-state index in [0.717, 1.165) is 37.3 Å². The van der Waals surface area contributed by atoms with Crippen LogP contribution in [0.1, 0.15) is 46.3 Å². The predicted molar refractivity (Wildman–Crippen MR) is 131 cm³/mol. The Morgan fingerprint density at radius 2 is 1.54 bits per heavy atom. The largest absolute Gasteiger partial charge is 0.417 e. The lowest BCUT2D eigenvalue weighted by Crippen LogP contribution is -2.37. The fourth-order valence-electron chi connectivity index (χ4n) is 3.36. The average molecular weight is 673 g/mol. The van der Waals surface area contributed by atoms with E-state index in [4.69, 9.17) is 23.2 Å². The molecule has 1 unspecified atom stereocenters. The van der Waals surface area contributed by atoms with Crippen molar-refractivity contribution >= 4 is 56.9 Å². The molecule has 1 N–H and O–H groups in total. The summed E-state index contributed by atoms with van der Waals surface area (Å²) >= 11 is 14.8. The first-order chi connectivity index (χ1) is 17.7. The first-order valence-corrected chi connectivity index (χ1v) is 12.2. The molecule has 2 atom stereocenters. The Morgan fingerprint density at radius 1 is 0.974 bits per heavy atom. The Bertz CT molecular complexity index is 1230. The van der Waals surface area contributed by atoms with Crippen LogP contribution in [0.15, 0.2) is 40.9 Å². The monoisotopic (exact) mass is 671 g/mol. The fourth-order valence-corrected chi connectivity index (χ4v) is 4.09. The zero-order valence-corrected chi connectivity index (χ0v) is 22.6. The van der Waals surface area contributed by atoms with Crippen LogP contribution in [0.25, 0.3) is 6.08 Å². The molecule has 0 aliphatic heterocycles. The summed E-state index contributed by atoms with van der Waals surface area (Å²) in [6.45, 7) is -0.622. The van der Waals surface area contributed by atoms with Crippen molar-refractivity contribution in [1.29, 1.82) is 0 Å². The number of hydrogen-bond acceptors (Lipinski definition) is 2. The number of hydrogen-bond donors (Lipinski definition) is 1. The second-order valence-electron chi connectivity index (χ2n) is 8.34. The molecule has 214 valence electrons. The summed E-state index contributed by atoms with van der Waals surface area (Å²) in [7, 11) is 0. The van der Waals surface area contributed by atoms with Crippen molar-refractivity contribution in [3.8, 4) is 0 Å². The lowest BCUT2D eigenvalue weighted by Gasteiger charge is -2.19. The molecule has 2 rings (SSSR count). The topological polar surface area (TPSA) is 46.2 Å². The highest BCUT2D eigenvalue weighted by Gasteiger charge is 2.40. The summed E-state index contributed by atoms with van der Waals surface area (Å²) in [4.78, 5) is 24.3. The van der Waals surface area contributed by atoms with Crippen molar-refractivity contribution in [1.82, 2.24) is 5.32 Å². The third-order valence-electron chi connectivity index (χ3n) is 5.25. The lowest BCUT2D eigenvalue weighted by molar-refractivity contribution is -0.140. The highest BCUT2D eigenvalue weighted by molar-refractivity contribution is 9.10. The third kappa shape index (κ3) is 9.42. The van der Waals surface area contributed by atoms with Crippen molar-refractivity contribution < 1.29 is 49.1 Å². The highest BCUT2D eigenvalue weighted by atomic mass is 79.9. The van der Waals surface area contributed by atoms with Gasteiger partial charge in [-0.3, -0.25) is 9.59 Å². The number of amides is 1. The number of Topliss-reactive ketones (excluding diaryl/α,β-unsaturated/α-hetero) is 1. The van der Waals surface area contributed by atoms with Gasteiger partial charge in [-0.15, -0.1) is 0 Å². The number of allylic oxidation sites excluding steroid dienone is 1. The van der Waals surface area contributed by atoms with Gasteiger partial charge in [-0.05, 0) is 45.3 Å². The van der Waals surface area contributed by atoms with Crippen molar-refractivity contribution in [2.24, 2.45) is 5.92 Å². The molecule has 0 spiro atoms. The number of halogens is 12. The molecular weight excluding hydrogens is 656 g/mol. The summed E-state index contributed by atoms with van der Waals surface area (Å²) in [6.07, 6.45) is -14.2. The summed E-state index contributed by atoms with van der Waals surface area (Å²) in [5.41, 5.74) is -3.10. The van der Waals surface area contributed by atoms with Gasteiger partial charge >= 0.3 is 18.5 Å². The van der Waals surface area contributed by atoms with E-state index in [0.29, 0.717) is 12.1 Å². The maximum atomic E-state index is 13.7. The Labute approximate surface area is 234 Å². The Kier molecular flexibility index (Phi) is 10.6. The van der Waals surface area contributed by atoms with Crippen molar-refractivity contribution in [2.45, 2.75) is 37.8 Å². The van der Waals surface area contributed by atoms with E-state index in [1.54, 1.807) is 0 Å². The molecule has 0 aromatic heterocycles. The molecule has 0 fully saturated rings. The standard InChI is InChI=1S/C24H17BrCl2F9NO2/c1-11(21(39)37-10-22(28,29)30)6-19(38)14-4-2-12(7-16(14)24(34,35)36)3-5-15(23(31,32)33)13-8-17(26)20(25)18(27)9-13/h2-5,7-9,11,15H,6,10H2,1H3,(H,37,39)/b5-3+/t11-,15?/m0/s1. The normalized spacial score (nSPS) is 14.4. The van der Waals surface area contributed by atoms with E-state index in [-0.39, 0.29) is 25.6 Å². The minimum atomic E-state index is -5.12. The predicted octanol–water partition coefficient (Wildman–Crippen LogP) is 9.02. The Balaban J connectivity index is 2.37. The maximum absolute atomic E-state index is 13.7. The zero-order valence-electron chi connectivity index (χ0n) is 19.5. The van der Waals surface area contributed by atoms with Crippen LogP contribution in [0, 0.1) is 5.92 Å². The van der Waals surface area contributed by atoms with Crippen LogP contribution in [0.5, 0.6) is 0 Å². The van der Waals surface area contributed by atoms with Gasteiger partial charge in [0.25, 0.3) is 0 Å². The van der Waals surface area contributed by atoms with Gasteiger partial charge in [0.05, 0.1) is 26.0 Å². The van der Waals surface area contributed by atoms with Gasteiger partial charge in [0.2, 0.25) is 5.91 Å². The molecule has 0 radical (unpaired) electrons. The van der Waals surface area contributed by atoms with E-state index in [9.17, 15) is 49.1 Å². The Hall–Kier alpha value is -2.25. The number of carbonyl (C=O) groups excluding carboxylic acids is 2. The van der Waals surface area contributed by atoms with Crippen molar-refractivity contribution in [3.63, 3.8) is 0 Å². The number of nitrogens with one attached hydrogen (secondary N) is 1. The summed E-state index contributed by atoms with van der Waals surface area (Å²) in [5.74, 6) is -6.08. The van der Waals surface area contributed by atoms with E-state index < -0.39 is 66.1 Å². The van der Waals surface area contributed by atoms with Crippen molar-refractivity contribution in [2.75, 3.05) is 6.54 Å². The molecule has 0 bridgehead atoms. The smallest absolute Gasteiger partial charge is 0.347 e. The second kappa shape index (κ2) is 12.5. The Morgan fingerprint density at radius 3 is 2.03 bits per heavy atom. The molecule has 0 saturated heterocycles. The molecule has 3 nitrogen and oxygen atoms in total. The second-order valence-corrected chi connectivity index (χ2v) is 9.95. The number of benzene rings is 2. The summed E-state index contributed by atoms with van der Waals surface area (Å²) < 4.78 is 119. The fraction of sp³-hybridized carbons (Fsp3) is 0.333. The van der Waals surface area contributed by atoms with Crippen molar-refractivity contribution in [3.05, 3.63) is 73.2 Å².